The van der Waals surface area contributed by atoms with E-state index in [2.05, 4.69) is 4.72 Å². The van der Waals surface area contributed by atoms with Gasteiger partial charge in [-0.25, -0.2) is 8.42 Å². The Hall–Kier alpha value is -1.89. The summed E-state index contributed by atoms with van der Waals surface area (Å²) in [4.78, 5) is 0.0653. The number of benzene rings is 1. The van der Waals surface area contributed by atoms with Gasteiger partial charge in [0.15, 0.2) is 0 Å². The van der Waals surface area contributed by atoms with Crippen molar-refractivity contribution in [1.29, 1.82) is 10.5 Å². The fourth-order valence-corrected chi connectivity index (χ4v) is 3.37. The minimum absolute atomic E-state index is 0.0653. The Kier molecular flexibility index (Phi) is 4.88. The number of nitriles is 2. The Morgan fingerprint density at radius 1 is 1.25 bits per heavy atom. The highest BCUT2D eigenvalue weighted by atomic mass is 32.2. The van der Waals surface area contributed by atoms with Gasteiger partial charge in [-0.2, -0.15) is 15.2 Å². The Labute approximate surface area is 119 Å². The first kappa shape index (κ1) is 16.2. The van der Waals surface area contributed by atoms with Crippen LogP contribution in [-0.2, 0) is 10.0 Å². The lowest BCUT2D eigenvalue weighted by Gasteiger charge is -2.24. The van der Waals surface area contributed by atoms with Crippen molar-refractivity contribution >= 4 is 10.0 Å². The predicted octanol–water partition coefficient (Wildman–Crippen LogP) is 2.23. The highest BCUT2D eigenvalue weighted by Crippen LogP contribution is 2.20. The van der Waals surface area contributed by atoms with E-state index in [-0.39, 0.29) is 4.90 Å². The molecule has 0 aliphatic carbocycles. The number of nitrogens with zero attached hydrogens (tertiary/aromatic N) is 2. The van der Waals surface area contributed by atoms with Crippen molar-refractivity contribution in [2.24, 2.45) is 0 Å². The van der Waals surface area contributed by atoms with Gasteiger partial charge in [0.05, 0.1) is 22.6 Å². The number of nitrogens with one attached hydrogen (secondary N) is 1. The van der Waals surface area contributed by atoms with Crippen molar-refractivity contribution in [3.63, 3.8) is 0 Å². The lowest BCUT2D eigenvalue weighted by Crippen LogP contribution is -2.46. The van der Waals surface area contributed by atoms with Gasteiger partial charge in [0.25, 0.3) is 0 Å². The molecule has 0 aromatic heterocycles. The molecule has 0 aliphatic rings. The van der Waals surface area contributed by atoms with Crippen molar-refractivity contribution in [3.8, 4) is 12.1 Å². The molecule has 0 radical (unpaired) electrons. The maximum Gasteiger partial charge on any atom is 0.241 e. The van der Waals surface area contributed by atoms with Crippen LogP contribution < -0.4 is 4.72 Å². The molecule has 0 atom stereocenters. The zero-order chi connectivity index (χ0) is 15.4. The summed E-state index contributed by atoms with van der Waals surface area (Å²) in [7, 11) is -3.78. The van der Waals surface area contributed by atoms with Gasteiger partial charge in [-0.1, -0.05) is 13.8 Å². The number of hydrogen-bond donors (Lipinski definition) is 1. The summed E-state index contributed by atoms with van der Waals surface area (Å²) in [5.74, 6) is 0. The average Bonchev–Trinajstić information content (AvgIpc) is 2.44. The zero-order valence-corrected chi connectivity index (χ0v) is 12.6. The largest absolute Gasteiger partial charge is 0.241 e. The Morgan fingerprint density at radius 2 is 1.85 bits per heavy atom. The Morgan fingerprint density at radius 3 is 2.25 bits per heavy atom. The van der Waals surface area contributed by atoms with Crippen LogP contribution in [0.25, 0.3) is 0 Å². The molecule has 1 rings (SSSR count). The summed E-state index contributed by atoms with van der Waals surface area (Å²) in [5.41, 5.74) is -0.0758. The Balaban J connectivity index is 3.22. The van der Waals surface area contributed by atoms with Gasteiger partial charge in [0, 0.05) is 0 Å². The van der Waals surface area contributed by atoms with Gasteiger partial charge < -0.3 is 0 Å². The van der Waals surface area contributed by atoms with E-state index in [1.54, 1.807) is 20.8 Å². The van der Waals surface area contributed by atoms with E-state index in [9.17, 15) is 13.7 Å². The maximum absolute atomic E-state index is 12.3. The summed E-state index contributed by atoms with van der Waals surface area (Å²) in [6.07, 6.45) is 0.767. The molecular weight excluding hydrogens is 274 g/mol. The van der Waals surface area contributed by atoms with E-state index >= 15 is 0 Å². The molecule has 0 amide bonds. The third-order valence-corrected chi connectivity index (χ3v) is 4.91. The zero-order valence-electron chi connectivity index (χ0n) is 11.8. The fraction of sp³-hybridized carbons (Fsp3) is 0.429. The quantitative estimate of drug-likeness (QED) is 0.900. The Bertz CT molecular complexity index is 677. The summed E-state index contributed by atoms with van der Waals surface area (Å²) in [5, 5.41) is 18.1. The molecule has 0 saturated carbocycles. The summed E-state index contributed by atoms with van der Waals surface area (Å²) < 4.78 is 27.1. The number of hydrogen-bond acceptors (Lipinski definition) is 4. The first-order valence-corrected chi connectivity index (χ1v) is 7.78. The monoisotopic (exact) mass is 291 g/mol. The van der Waals surface area contributed by atoms with Gasteiger partial charge in [0.2, 0.25) is 10.0 Å². The standard InChI is InChI=1S/C14H17N3O2S/c1-4-14(5-2,10-16)17-20(18,19)13-7-6-12(9-15)11(3)8-13/h6-8,17H,4-5H2,1-3H3. The summed E-state index contributed by atoms with van der Waals surface area (Å²) >= 11 is 0. The fourth-order valence-electron chi connectivity index (χ4n) is 1.82. The van der Waals surface area contributed by atoms with Gasteiger partial charge in [-0.3, -0.25) is 0 Å². The van der Waals surface area contributed by atoms with Crippen LogP contribution in [0.15, 0.2) is 23.1 Å². The molecule has 1 aromatic carbocycles. The number of aryl methyl sites for hydroxylation is 1. The molecule has 1 aromatic rings. The molecule has 0 aliphatic heterocycles. The minimum atomic E-state index is -3.78. The number of rotatable bonds is 5. The number of sulfonamides is 1. The molecule has 106 valence electrons. The molecule has 5 nitrogen and oxygen atoms in total. The van der Waals surface area contributed by atoms with E-state index in [4.69, 9.17) is 5.26 Å². The first-order chi connectivity index (χ1) is 9.34. The molecular formula is C14H17N3O2S. The highest BCUT2D eigenvalue weighted by Gasteiger charge is 2.32. The average molecular weight is 291 g/mol. The third-order valence-electron chi connectivity index (χ3n) is 3.38. The van der Waals surface area contributed by atoms with E-state index in [1.165, 1.54) is 18.2 Å². The van der Waals surface area contributed by atoms with E-state index < -0.39 is 15.6 Å². The van der Waals surface area contributed by atoms with Crippen LogP contribution in [0, 0.1) is 29.6 Å². The first-order valence-electron chi connectivity index (χ1n) is 6.30. The SMILES string of the molecule is CCC(C#N)(CC)NS(=O)(=O)c1ccc(C#N)c(C)c1. The van der Waals surface area contributed by atoms with E-state index in [1.807, 2.05) is 12.1 Å². The second kappa shape index (κ2) is 6.04. The normalized spacial score (nSPS) is 11.7. The van der Waals surface area contributed by atoms with Crippen LogP contribution in [0.4, 0.5) is 0 Å². The van der Waals surface area contributed by atoms with E-state index in [0.717, 1.165) is 0 Å². The lowest BCUT2D eigenvalue weighted by atomic mass is 9.97. The van der Waals surface area contributed by atoms with Crippen molar-refractivity contribution < 1.29 is 8.42 Å². The summed E-state index contributed by atoms with van der Waals surface area (Å²) in [6, 6.07) is 8.31. The molecule has 0 saturated heterocycles. The van der Waals surface area contributed by atoms with Crippen molar-refractivity contribution in [3.05, 3.63) is 29.3 Å². The van der Waals surface area contributed by atoms with E-state index in [0.29, 0.717) is 24.0 Å². The van der Waals surface area contributed by atoms with Crippen molar-refractivity contribution in [2.75, 3.05) is 0 Å². The van der Waals surface area contributed by atoms with Crippen LogP contribution in [0.2, 0.25) is 0 Å². The van der Waals surface area contributed by atoms with Crippen molar-refractivity contribution in [1.82, 2.24) is 4.72 Å². The second-order valence-electron chi connectivity index (χ2n) is 4.60. The molecule has 0 unspecified atom stereocenters. The van der Waals surface area contributed by atoms with Gasteiger partial charge in [-0.05, 0) is 43.5 Å². The van der Waals surface area contributed by atoms with Crippen LogP contribution in [-0.4, -0.2) is 14.0 Å². The minimum Gasteiger partial charge on any atom is -0.207 e. The molecule has 20 heavy (non-hydrogen) atoms. The highest BCUT2D eigenvalue weighted by molar-refractivity contribution is 7.89. The van der Waals surface area contributed by atoms with Crippen molar-refractivity contribution in [2.45, 2.75) is 44.0 Å². The summed E-state index contributed by atoms with van der Waals surface area (Å²) in [6.45, 7) is 5.20. The maximum atomic E-state index is 12.3. The van der Waals surface area contributed by atoms with Crippen LogP contribution in [0.5, 0.6) is 0 Å². The molecule has 0 heterocycles. The van der Waals surface area contributed by atoms with Gasteiger partial charge in [-0.15, -0.1) is 0 Å². The smallest absolute Gasteiger partial charge is 0.207 e. The molecule has 0 spiro atoms. The van der Waals surface area contributed by atoms with Crippen LogP contribution in [0.1, 0.15) is 37.8 Å². The van der Waals surface area contributed by atoms with Gasteiger partial charge >= 0.3 is 0 Å². The predicted molar refractivity (Wildman–Crippen MR) is 75.1 cm³/mol. The van der Waals surface area contributed by atoms with Crippen LogP contribution >= 0.6 is 0 Å². The molecule has 0 fully saturated rings. The second-order valence-corrected chi connectivity index (χ2v) is 6.28. The topological polar surface area (TPSA) is 93.8 Å². The molecule has 0 bridgehead atoms. The molecule has 1 N–H and O–H groups in total. The molecule has 6 heteroatoms. The van der Waals surface area contributed by atoms with Crippen LogP contribution in [0.3, 0.4) is 0 Å². The van der Waals surface area contributed by atoms with Gasteiger partial charge in [0.1, 0.15) is 5.54 Å². The third kappa shape index (κ3) is 3.16. The lowest BCUT2D eigenvalue weighted by molar-refractivity contribution is 0.446.